The Morgan fingerprint density at radius 2 is 1.77 bits per heavy atom. The van der Waals surface area contributed by atoms with Crippen LogP contribution in [0.3, 0.4) is 0 Å². The molecule has 0 spiro atoms. The van der Waals surface area contributed by atoms with E-state index >= 15 is 0 Å². The molecule has 0 saturated carbocycles. The molecule has 2 rings (SSSR count). The van der Waals surface area contributed by atoms with Crippen LogP contribution >= 0.6 is 23.5 Å². The van der Waals surface area contributed by atoms with Crippen LogP contribution in [0, 0.1) is 0 Å². The van der Waals surface area contributed by atoms with Crippen molar-refractivity contribution in [2.75, 3.05) is 5.75 Å². The smallest absolute Gasteiger partial charge is 0.303 e. The van der Waals surface area contributed by atoms with E-state index in [-0.39, 0.29) is 12.5 Å². The Balaban J connectivity index is 1.78. The van der Waals surface area contributed by atoms with Crippen LogP contribution < -0.4 is 0 Å². The van der Waals surface area contributed by atoms with Crippen LogP contribution in [0.4, 0.5) is 0 Å². The minimum absolute atomic E-state index is 0.251. The van der Waals surface area contributed by atoms with Gasteiger partial charge in [-0.3, -0.25) is 4.79 Å². The van der Waals surface area contributed by atoms with Gasteiger partial charge in [-0.1, -0.05) is 67.0 Å². The van der Waals surface area contributed by atoms with Gasteiger partial charge in [0, 0.05) is 23.2 Å². The molecule has 0 aliphatic rings. The molecule has 1 N–H and O–H groups in total. The van der Waals surface area contributed by atoms with E-state index in [0.29, 0.717) is 11.3 Å². The second-order valence-corrected chi connectivity index (χ2v) is 8.61. The fourth-order valence-corrected chi connectivity index (χ4v) is 4.99. The summed E-state index contributed by atoms with van der Waals surface area (Å²) >= 11 is 3.77. The second kappa shape index (κ2) is 12.9. The van der Waals surface area contributed by atoms with Gasteiger partial charge in [-0.2, -0.15) is 23.5 Å². The summed E-state index contributed by atoms with van der Waals surface area (Å²) in [5.74, 6) is 2.03. The van der Waals surface area contributed by atoms with Crippen molar-refractivity contribution in [3.63, 3.8) is 0 Å². The molecule has 0 heterocycles. The molecule has 0 saturated heterocycles. The largest absolute Gasteiger partial charge is 0.481 e. The van der Waals surface area contributed by atoms with Gasteiger partial charge in [-0.15, -0.1) is 0 Å². The summed E-state index contributed by atoms with van der Waals surface area (Å²) in [6.07, 6.45) is 4.05. The van der Waals surface area contributed by atoms with E-state index in [1.165, 1.54) is 5.56 Å². The number of carbonyl (C=O) groups is 1. The monoisotopic (exact) mass is 390 g/mol. The lowest BCUT2D eigenvalue weighted by molar-refractivity contribution is -0.137. The minimum atomic E-state index is -0.716. The Kier molecular flexibility index (Phi) is 8.92. The van der Waals surface area contributed by atoms with E-state index in [9.17, 15) is 4.79 Å². The third-order valence-corrected chi connectivity index (χ3v) is 6.53. The van der Waals surface area contributed by atoms with E-state index in [1.54, 1.807) is 6.07 Å². The predicted molar refractivity (Wildman–Crippen MR) is 115 cm³/mol. The zero-order valence-corrected chi connectivity index (χ0v) is 16.7. The zero-order valence-electron chi connectivity index (χ0n) is 17.0. The summed E-state index contributed by atoms with van der Waals surface area (Å²) in [5.41, 5.74) is 2.24. The Labute approximate surface area is 168 Å². The van der Waals surface area contributed by atoms with Crippen molar-refractivity contribution in [1.82, 2.24) is 0 Å². The average molecular weight is 391 g/mol. The maximum Gasteiger partial charge on any atom is 0.303 e. The average Bonchev–Trinajstić information content (AvgIpc) is 2.69. The molecule has 1 unspecified atom stereocenters. The molecule has 0 aromatic heterocycles. The van der Waals surface area contributed by atoms with E-state index in [1.807, 2.05) is 41.7 Å². The maximum atomic E-state index is 10.7. The number of hydrogen-bond donors (Lipinski definition) is 1. The van der Waals surface area contributed by atoms with Crippen molar-refractivity contribution in [2.24, 2.45) is 0 Å². The molecule has 0 bridgehead atoms. The van der Waals surface area contributed by atoms with Crippen LogP contribution in [0.5, 0.6) is 0 Å². The van der Waals surface area contributed by atoms with Crippen molar-refractivity contribution < 1.29 is 12.6 Å². The van der Waals surface area contributed by atoms with Crippen LogP contribution in [-0.2, 0) is 16.3 Å². The first-order chi connectivity index (χ1) is 13.6. The van der Waals surface area contributed by atoms with Gasteiger partial charge >= 0.3 is 5.97 Å². The Hall–Kier alpha value is -1.39. The van der Waals surface area contributed by atoms with Crippen molar-refractivity contribution in [1.29, 1.82) is 0 Å². The fraction of sp³-hybridized carbons (Fsp3) is 0.409. The molecular formula is C22H28O2S2. The van der Waals surface area contributed by atoms with Gasteiger partial charge in [0.1, 0.15) is 0 Å². The third kappa shape index (κ3) is 9.35. The molecule has 2 nitrogen and oxygen atoms in total. The quantitative estimate of drug-likeness (QED) is 0.410. The zero-order chi connectivity index (χ0) is 20.2. The van der Waals surface area contributed by atoms with Crippen molar-refractivity contribution >= 4 is 29.5 Å². The predicted octanol–water partition coefficient (Wildman–Crippen LogP) is 6.26. The van der Waals surface area contributed by atoms with Crippen LogP contribution in [0.15, 0.2) is 60.6 Å². The molecule has 0 aliphatic carbocycles. The van der Waals surface area contributed by atoms with Crippen molar-refractivity contribution in [3.8, 4) is 0 Å². The Morgan fingerprint density at radius 3 is 2.58 bits per heavy atom. The highest BCUT2D eigenvalue weighted by Crippen LogP contribution is 2.27. The van der Waals surface area contributed by atoms with Crippen LogP contribution in [0.25, 0.3) is 0 Å². The summed E-state index contributed by atoms with van der Waals surface area (Å²) < 4.78 is 15.7. The molecule has 0 radical (unpaired) electrons. The number of benzene rings is 2. The lowest BCUT2D eigenvalue weighted by Gasteiger charge is -2.16. The topological polar surface area (TPSA) is 37.3 Å². The fourth-order valence-electron chi connectivity index (χ4n) is 2.62. The van der Waals surface area contributed by atoms with Gasteiger partial charge in [-0.05, 0) is 36.1 Å². The Morgan fingerprint density at radius 1 is 1.00 bits per heavy atom. The van der Waals surface area contributed by atoms with Crippen LogP contribution in [0.2, 0.25) is 0 Å². The molecule has 140 valence electrons. The molecule has 4 heteroatoms. The number of carboxylic acids is 1. The highest BCUT2D eigenvalue weighted by atomic mass is 32.2. The van der Waals surface area contributed by atoms with Crippen LogP contribution in [0.1, 0.15) is 46.0 Å². The lowest BCUT2D eigenvalue weighted by atomic mass is 10.1. The summed E-state index contributed by atoms with van der Waals surface area (Å²) in [4.78, 5) is 10.7. The van der Waals surface area contributed by atoms with Gasteiger partial charge in [0.2, 0.25) is 0 Å². The van der Waals surface area contributed by atoms with Gasteiger partial charge in [0.25, 0.3) is 0 Å². The highest BCUT2D eigenvalue weighted by molar-refractivity contribution is 7.99. The number of unbranched alkanes of at least 4 members (excludes halogenated alkanes) is 1. The van der Waals surface area contributed by atoms with Crippen molar-refractivity contribution in [3.05, 3.63) is 71.7 Å². The second-order valence-electron chi connectivity index (χ2n) is 6.22. The molecule has 0 fully saturated rings. The summed E-state index contributed by atoms with van der Waals surface area (Å²) in [7, 11) is 0. The first-order valence-electron chi connectivity index (χ1n) is 10.1. The maximum absolute atomic E-state index is 10.7. The standard InChI is InChI=1S/C22H28O2S2/c23-22(24)14-8-7-13-21(26-18-20-11-5-2-6-12-20)15-16-25-17-19-9-3-1-4-10-19/h1-6,9-12,21H,7-8,13-18H2,(H,23,24)/i3D,9D. The molecule has 2 aromatic carbocycles. The SMILES string of the molecule is [2H]c1cccc(CSCCC(CCCCC(=O)O)SCc2ccccc2)c1[2H]. The van der Waals surface area contributed by atoms with E-state index in [0.717, 1.165) is 48.5 Å². The third-order valence-electron chi connectivity index (χ3n) is 4.05. The molecular weight excluding hydrogens is 360 g/mol. The van der Waals surface area contributed by atoms with Gasteiger partial charge in [0.15, 0.2) is 0 Å². The molecule has 2 aromatic rings. The number of rotatable bonds is 13. The molecule has 26 heavy (non-hydrogen) atoms. The Bertz CT molecular complexity index is 726. The van der Waals surface area contributed by atoms with Gasteiger partial charge in [0.05, 0.1) is 2.74 Å². The summed E-state index contributed by atoms with van der Waals surface area (Å²) in [5, 5.41) is 9.33. The van der Waals surface area contributed by atoms with E-state index in [2.05, 4.69) is 24.3 Å². The number of hydrogen-bond acceptors (Lipinski definition) is 3. The van der Waals surface area contributed by atoms with Gasteiger partial charge < -0.3 is 5.11 Å². The molecule has 0 aliphatic heterocycles. The minimum Gasteiger partial charge on any atom is -0.481 e. The van der Waals surface area contributed by atoms with E-state index in [4.69, 9.17) is 7.85 Å². The summed E-state index contributed by atoms with van der Waals surface area (Å²) in [6.45, 7) is 0. The molecule has 0 amide bonds. The number of carboxylic acid groups (broad SMARTS) is 1. The first kappa shape index (κ1) is 18.0. The molecule has 1 atom stereocenters. The van der Waals surface area contributed by atoms with Crippen molar-refractivity contribution in [2.45, 2.75) is 48.9 Å². The number of thioether (sulfide) groups is 2. The van der Waals surface area contributed by atoms with Crippen LogP contribution in [-0.4, -0.2) is 22.1 Å². The van der Waals surface area contributed by atoms with Gasteiger partial charge in [-0.25, -0.2) is 0 Å². The van der Waals surface area contributed by atoms with E-state index < -0.39 is 5.97 Å². The lowest BCUT2D eigenvalue weighted by Crippen LogP contribution is -2.06. The first-order valence-corrected chi connectivity index (χ1v) is 11.3. The number of aliphatic carboxylic acids is 1. The normalized spacial score (nSPS) is 13.1. The summed E-state index contributed by atoms with van der Waals surface area (Å²) in [6, 6.07) is 16.5. The highest BCUT2D eigenvalue weighted by Gasteiger charge is 2.10.